The minimum Gasteiger partial charge on any atom is -0.466 e. The highest BCUT2D eigenvalue weighted by Crippen LogP contribution is 2.35. The van der Waals surface area contributed by atoms with E-state index in [0.717, 1.165) is 18.1 Å². The van der Waals surface area contributed by atoms with Crippen LogP contribution in [0.5, 0.6) is 0 Å². The summed E-state index contributed by atoms with van der Waals surface area (Å²) in [4.78, 5) is 10.9. The second-order valence-corrected chi connectivity index (χ2v) is 4.75. The van der Waals surface area contributed by atoms with Crippen molar-refractivity contribution in [3.05, 3.63) is 34.3 Å². The molecule has 0 heterocycles. The average molecular weight is 309 g/mol. The molecule has 1 rings (SSSR count). The summed E-state index contributed by atoms with van der Waals surface area (Å²) >= 11 is 5.63. The molecule has 1 aromatic carbocycles. The fraction of sp³-hybridized carbons (Fsp3) is 0.500. The third kappa shape index (κ3) is 5.41. The van der Waals surface area contributed by atoms with Gasteiger partial charge in [-0.3, -0.25) is 4.79 Å². The molecule has 0 aliphatic rings. The normalized spacial score (nSPS) is 11.4. The van der Waals surface area contributed by atoms with E-state index in [4.69, 9.17) is 16.3 Å². The Bertz CT molecular complexity index is 458. The van der Waals surface area contributed by atoms with Crippen LogP contribution in [-0.2, 0) is 22.1 Å². The zero-order valence-corrected chi connectivity index (χ0v) is 11.9. The minimum absolute atomic E-state index is 0.248. The third-order valence-electron chi connectivity index (χ3n) is 2.75. The Morgan fingerprint density at radius 1 is 1.30 bits per heavy atom. The van der Waals surface area contributed by atoms with Gasteiger partial charge >= 0.3 is 12.1 Å². The first kappa shape index (κ1) is 16.8. The van der Waals surface area contributed by atoms with Crippen LogP contribution in [0.2, 0.25) is 5.02 Å². The van der Waals surface area contributed by atoms with Gasteiger partial charge in [0.25, 0.3) is 0 Å². The summed E-state index contributed by atoms with van der Waals surface area (Å²) in [5.74, 6) is -0.248. The maximum absolute atomic E-state index is 12.5. The summed E-state index contributed by atoms with van der Waals surface area (Å²) in [6.07, 6.45) is -2.09. The van der Waals surface area contributed by atoms with Crippen molar-refractivity contribution >= 4 is 17.6 Å². The number of carbonyl (C=O) groups is 1. The van der Waals surface area contributed by atoms with Crippen LogP contribution < -0.4 is 0 Å². The van der Waals surface area contributed by atoms with Gasteiger partial charge in [-0.2, -0.15) is 13.2 Å². The largest absolute Gasteiger partial charge is 0.466 e. The second kappa shape index (κ2) is 7.53. The quantitative estimate of drug-likeness (QED) is 0.565. The zero-order valence-electron chi connectivity index (χ0n) is 11.1. The molecule has 6 heteroatoms. The van der Waals surface area contributed by atoms with Crippen molar-refractivity contribution in [1.82, 2.24) is 0 Å². The molecular weight excluding hydrogens is 293 g/mol. The van der Waals surface area contributed by atoms with Gasteiger partial charge in [0.15, 0.2) is 0 Å². The number of alkyl halides is 3. The molecule has 0 bridgehead atoms. The van der Waals surface area contributed by atoms with Crippen molar-refractivity contribution in [2.24, 2.45) is 0 Å². The van der Waals surface area contributed by atoms with Crippen molar-refractivity contribution in [2.45, 2.75) is 38.8 Å². The Balaban J connectivity index is 2.42. The van der Waals surface area contributed by atoms with E-state index in [1.54, 1.807) is 6.92 Å². The highest BCUT2D eigenvalue weighted by molar-refractivity contribution is 6.31. The van der Waals surface area contributed by atoms with Crippen LogP contribution in [-0.4, -0.2) is 12.6 Å². The lowest BCUT2D eigenvalue weighted by molar-refractivity contribution is -0.143. The molecule has 0 atom stereocenters. The Morgan fingerprint density at radius 2 is 2.00 bits per heavy atom. The number of benzene rings is 1. The molecule has 0 spiro atoms. The Morgan fingerprint density at radius 3 is 2.55 bits per heavy atom. The van der Waals surface area contributed by atoms with Crippen LogP contribution in [0.15, 0.2) is 18.2 Å². The van der Waals surface area contributed by atoms with Crippen LogP contribution in [0, 0.1) is 0 Å². The number of unbranched alkanes of at least 4 members (excludes halogenated alkanes) is 1. The number of hydrogen-bond donors (Lipinski definition) is 0. The number of ether oxygens (including phenoxy) is 1. The molecule has 0 saturated carbocycles. The first-order valence-corrected chi connectivity index (χ1v) is 6.73. The molecule has 20 heavy (non-hydrogen) atoms. The first-order chi connectivity index (χ1) is 9.34. The monoisotopic (exact) mass is 308 g/mol. The van der Waals surface area contributed by atoms with Gasteiger partial charge in [-0.15, -0.1) is 0 Å². The maximum atomic E-state index is 12.5. The van der Waals surface area contributed by atoms with Crippen molar-refractivity contribution < 1.29 is 22.7 Å². The SMILES string of the molecule is CCC(=O)OCCCCc1ccc(C(F)(F)F)c(Cl)c1. The maximum Gasteiger partial charge on any atom is 0.417 e. The molecular formula is C14H16ClF3O2. The fourth-order valence-electron chi connectivity index (χ4n) is 1.66. The lowest BCUT2D eigenvalue weighted by atomic mass is 10.1. The number of hydrogen-bond acceptors (Lipinski definition) is 2. The zero-order chi connectivity index (χ0) is 15.2. The second-order valence-electron chi connectivity index (χ2n) is 4.34. The predicted molar refractivity (Wildman–Crippen MR) is 70.6 cm³/mol. The molecule has 0 aliphatic heterocycles. The molecule has 0 fully saturated rings. The molecule has 0 N–H and O–H groups in total. The number of carbonyl (C=O) groups excluding carboxylic acids is 1. The van der Waals surface area contributed by atoms with Crippen LogP contribution in [0.25, 0.3) is 0 Å². The van der Waals surface area contributed by atoms with Crippen molar-refractivity contribution in [2.75, 3.05) is 6.61 Å². The smallest absolute Gasteiger partial charge is 0.417 e. The highest BCUT2D eigenvalue weighted by Gasteiger charge is 2.32. The average Bonchev–Trinajstić information content (AvgIpc) is 2.36. The van der Waals surface area contributed by atoms with Gasteiger partial charge in [-0.1, -0.05) is 24.6 Å². The third-order valence-corrected chi connectivity index (χ3v) is 3.06. The highest BCUT2D eigenvalue weighted by atomic mass is 35.5. The van der Waals surface area contributed by atoms with Gasteiger partial charge in [0, 0.05) is 6.42 Å². The number of rotatable bonds is 6. The van der Waals surface area contributed by atoms with E-state index >= 15 is 0 Å². The number of esters is 1. The Hall–Kier alpha value is -1.23. The summed E-state index contributed by atoms with van der Waals surface area (Å²) < 4.78 is 42.4. The van der Waals surface area contributed by atoms with Gasteiger partial charge in [0.05, 0.1) is 17.2 Å². The predicted octanol–water partition coefficient (Wildman–Crippen LogP) is 4.63. The molecule has 1 aromatic rings. The van der Waals surface area contributed by atoms with Crippen LogP contribution in [0.3, 0.4) is 0 Å². The Labute approximate surface area is 120 Å². The molecule has 0 radical (unpaired) electrons. The van der Waals surface area contributed by atoms with E-state index in [1.165, 1.54) is 12.1 Å². The molecule has 0 saturated heterocycles. The number of aryl methyl sites for hydroxylation is 1. The molecule has 112 valence electrons. The van der Waals surface area contributed by atoms with E-state index in [0.29, 0.717) is 25.9 Å². The van der Waals surface area contributed by atoms with E-state index in [1.807, 2.05) is 0 Å². The van der Waals surface area contributed by atoms with Gasteiger partial charge in [-0.25, -0.2) is 0 Å². The summed E-state index contributed by atoms with van der Waals surface area (Å²) in [6, 6.07) is 3.75. The lowest BCUT2D eigenvalue weighted by Crippen LogP contribution is -2.06. The van der Waals surface area contributed by atoms with Crippen LogP contribution in [0.4, 0.5) is 13.2 Å². The molecule has 2 nitrogen and oxygen atoms in total. The van der Waals surface area contributed by atoms with E-state index in [2.05, 4.69) is 0 Å². The van der Waals surface area contributed by atoms with E-state index in [-0.39, 0.29) is 11.0 Å². The van der Waals surface area contributed by atoms with Gasteiger partial charge in [0.2, 0.25) is 0 Å². The van der Waals surface area contributed by atoms with E-state index in [9.17, 15) is 18.0 Å². The molecule has 0 aromatic heterocycles. The summed E-state index contributed by atoms with van der Waals surface area (Å²) in [5.41, 5.74) is -0.0791. The summed E-state index contributed by atoms with van der Waals surface area (Å²) in [5, 5.41) is -0.285. The van der Waals surface area contributed by atoms with Gasteiger partial charge in [-0.05, 0) is 37.0 Å². The van der Waals surface area contributed by atoms with Crippen LogP contribution >= 0.6 is 11.6 Å². The van der Waals surface area contributed by atoms with Gasteiger partial charge < -0.3 is 4.74 Å². The van der Waals surface area contributed by atoms with Crippen molar-refractivity contribution in [3.8, 4) is 0 Å². The topological polar surface area (TPSA) is 26.3 Å². The first-order valence-electron chi connectivity index (χ1n) is 6.36. The standard InChI is InChI=1S/C14H16ClF3O2/c1-2-13(19)20-8-4-3-5-10-6-7-11(12(15)9-10)14(16,17)18/h6-7,9H,2-5,8H2,1H3. The fourth-order valence-corrected chi connectivity index (χ4v) is 1.97. The van der Waals surface area contributed by atoms with Gasteiger partial charge in [0.1, 0.15) is 0 Å². The van der Waals surface area contributed by atoms with E-state index < -0.39 is 11.7 Å². The molecule has 0 unspecified atom stereocenters. The van der Waals surface area contributed by atoms with Crippen LogP contribution in [0.1, 0.15) is 37.3 Å². The molecule has 0 aliphatic carbocycles. The lowest BCUT2D eigenvalue weighted by Gasteiger charge is -2.10. The van der Waals surface area contributed by atoms with Crippen molar-refractivity contribution in [3.63, 3.8) is 0 Å². The number of halogens is 4. The van der Waals surface area contributed by atoms with Crippen molar-refractivity contribution in [1.29, 1.82) is 0 Å². The Kier molecular flexibility index (Phi) is 6.33. The molecule has 0 amide bonds. The summed E-state index contributed by atoms with van der Waals surface area (Å²) in [7, 11) is 0. The minimum atomic E-state index is -4.43. The summed E-state index contributed by atoms with van der Waals surface area (Å²) in [6.45, 7) is 2.05.